The van der Waals surface area contributed by atoms with Crippen molar-refractivity contribution in [2.24, 2.45) is 0 Å². The summed E-state index contributed by atoms with van der Waals surface area (Å²) in [4.78, 5) is 0. The number of hydrogen-bond donors (Lipinski definition) is 1. The highest BCUT2D eigenvalue weighted by atomic mass is 35.5. The molecule has 88 valence electrons. The van der Waals surface area contributed by atoms with Crippen LogP contribution in [0.5, 0.6) is 0 Å². The molecule has 0 aliphatic carbocycles. The average Bonchev–Trinajstić information content (AvgIpc) is 2.37. The van der Waals surface area contributed by atoms with E-state index in [1.54, 1.807) is 6.07 Å². The van der Waals surface area contributed by atoms with Crippen LogP contribution in [0.2, 0.25) is 0 Å². The van der Waals surface area contributed by atoms with Gasteiger partial charge in [0.1, 0.15) is 5.82 Å². The van der Waals surface area contributed by atoms with E-state index in [2.05, 4.69) is 5.32 Å². The van der Waals surface area contributed by atoms with Crippen LogP contribution in [0.4, 0.5) is 10.1 Å². The van der Waals surface area contributed by atoms with Crippen LogP contribution in [0.3, 0.4) is 0 Å². The van der Waals surface area contributed by atoms with Gasteiger partial charge in [-0.1, -0.05) is 24.3 Å². The van der Waals surface area contributed by atoms with E-state index >= 15 is 0 Å². The van der Waals surface area contributed by atoms with Gasteiger partial charge in [0.05, 0.1) is 0 Å². The Balaban J connectivity index is 2.02. The van der Waals surface area contributed by atoms with Crippen LogP contribution in [0, 0.1) is 5.82 Å². The fraction of sp³-hybridized carbons (Fsp3) is 0.143. The van der Waals surface area contributed by atoms with Gasteiger partial charge in [0.15, 0.2) is 0 Å². The average molecular weight is 250 g/mol. The topological polar surface area (TPSA) is 12.0 Å². The standard InChI is InChI=1S/C14H13ClFN/c15-9-11-3-2-6-14(8-11)17-10-12-4-1-5-13(16)7-12/h1-8,17H,9-10H2. The van der Waals surface area contributed by atoms with Crippen LogP contribution in [-0.4, -0.2) is 0 Å². The van der Waals surface area contributed by atoms with Crippen molar-refractivity contribution in [1.29, 1.82) is 0 Å². The Kier molecular flexibility index (Phi) is 3.99. The minimum atomic E-state index is -0.209. The molecule has 0 radical (unpaired) electrons. The van der Waals surface area contributed by atoms with Gasteiger partial charge < -0.3 is 5.32 Å². The summed E-state index contributed by atoms with van der Waals surface area (Å²) in [5.74, 6) is 0.286. The summed E-state index contributed by atoms with van der Waals surface area (Å²) in [6, 6.07) is 14.5. The maximum absolute atomic E-state index is 13.0. The maximum Gasteiger partial charge on any atom is 0.123 e. The molecule has 0 saturated carbocycles. The molecule has 0 bridgehead atoms. The molecule has 0 saturated heterocycles. The van der Waals surface area contributed by atoms with Gasteiger partial charge in [-0.05, 0) is 35.4 Å². The Morgan fingerprint density at radius 2 is 1.76 bits per heavy atom. The van der Waals surface area contributed by atoms with Gasteiger partial charge in [-0.2, -0.15) is 0 Å². The van der Waals surface area contributed by atoms with E-state index in [9.17, 15) is 4.39 Å². The van der Waals surface area contributed by atoms with Crippen LogP contribution < -0.4 is 5.32 Å². The first-order valence-corrected chi connectivity index (χ1v) is 5.94. The number of anilines is 1. The third-order valence-electron chi connectivity index (χ3n) is 2.47. The molecular formula is C14H13ClFN. The zero-order valence-corrected chi connectivity index (χ0v) is 10.0. The molecule has 0 aromatic heterocycles. The van der Waals surface area contributed by atoms with Gasteiger partial charge in [0.25, 0.3) is 0 Å². The van der Waals surface area contributed by atoms with Gasteiger partial charge in [0, 0.05) is 18.1 Å². The summed E-state index contributed by atoms with van der Waals surface area (Å²) in [5, 5.41) is 3.24. The first-order valence-electron chi connectivity index (χ1n) is 5.41. The normalized spacial score (nSPS) is 10.2. The Bertz CT molecular complexity index is 499. The predicted molar refractivity (Wildman–Crippen MR) is 69.7 cm³/mol. The van der Waals surface area contributed by atoms with Crippen molar-refractivity contribution in [3.63, 3.8) is 0 Å². The van der Waals surface area contributed by atoms with E-state index in [1.807, 2.05) is 30.3 Å². The van der Waals surface area contributed by atoms with Crippen LogP contribution >= 0.6 is 11.6 Å². The molecule has 0 aliphatic rings. The van der Waals surface area contributed by atoms with Crippen molar-refractivity contribution in [2.75, 3.05) is 5.32 Å². The van der Waals surface area contributed by atoms with Crippen molar-refractivity contribution < 1.29 is 4.39 Å². The maximum atomic E-state index is 13.0. The van der Waals surface area contributed by atoms with Gasteiger partial charge in [0.2, 0.25) is 0 Å². The van der Waals surface area contributed by atoms with E-state index < -0.39 is 0 Å². The smallest absolute Gasteiger partial charge is 0.123 e. The number of benzene rings is 2. The first kappa shape index (κ1) is 11.9. The molecule has 3 heteroatoms. The SMILES string of the molecule is Fc1cccc(CNc2cccc(CCl)c2)c1. The fourth-order valence-electron chi connectivity index (χ4n) is 1.62. The summed E-state index contributed by atoms with van der Waals surface area (Å²) in [5.41, 5.74) is 2.98. The third-order valence-corrected chi connectivity index (χ3v) is 2.78. The minimum absolute atomic E-state index is 0.209. The molecule has 1 nitrogen and oxygen atoms in total. The van der Waals surface area contributed by atoms with E-state index in [0.717, 1.165) is 16.8 Å². The van der Waals surface area contributed by atoms with Gasteiger partial charge in [-0.25, -0.2) is 4.39 Å². The van der Waals surface area contributed by atoms with Crippen molar-refractivity contribution in [3.8, 4) is 0 Å². The number of alkyl halides is 1. The summed E-state index contributed by atoms with van der Waals surface area (Å²) in [6.07, 6.45) is 0. The number of nitrogens with one attached hydrogen (secondary N) is 1. The predicted octanol–water partition coefficient (Wildman–Crippen LogP) is 4.18. The van der Waals surface area contributed by atoms with Crippen LogP contribution in [-0.2, 0) is 12.4 Å². The van der Waals surface area contributed by atoms with E-state index in [4.69, 9.17) is 11.6 Å². The third kappa shape index (κ3) is 3.46. The molecule has 2 rings (SSSR count). The first-order chi connectivity index (χ1) is 8.28. The van der Waals surface area contributed by atoms with Gasteiger partial charge in [-0.15, -0.1) is 11.6 Å². The zero-order chi connectivity index (χ0) is 12.1. The number of hydrogen-bond acceptors (Lipinski definition) is 1. The molecule has 0 spiro atoms. The second-order valence-electron chi connectivity index (χ2n) is 3.82. The Morgan fingerprint density at radius 1 is 1.00 bits per heavy atom. The second-order valence-corrected chi connectivity index (χ2v) is 4.08. The molecule has 0 fully saturated rings. The molecule has 0 amide bonds. The molecule has 0 aliphatic heterocycles. The monoisotopic (exact) mass is 249 g/mol. The summed E-state index contributed by atoms with van der Waals surface area (Å²) in [6.45, 7) is 0.601. The lowest BCUT2D eigenvalue weighted by molar-refractivity contribution is 0.626. The number of halogens is 2. The summed E-state index contributed by atoms with van der Waals surface area (Å²) >= 11 is 5.76. The number of rotatable bonds is 4. The van der Waals surface area contributed by atoms with Gasteiger partial charge >= 0.3 is 0 Å². The lowest BCUT2D eigenvalue weighted by Gasteiger charge is -2.07. The highest BCUT2D eigenvalue weighted by molar-refractivity contribution is 6.17. The van der Waals surface area contributed by atoms with E-state index in [0.29, 0.717) is 12.4 Å². The minimum Gasteiger partial charge on any atom is -0.381 e. The molecule has 0 atom stereocenters. The molecule has 0 unspecified atom stereocenters. The van der Waals surface area contributed by atoms with Crippen LogP contribution in [0.15, 0.2) is 48.5 Å². The Morgan fingerprint density at radius 3 is 2.53 bits per heavy atom. The van der Waals surface area contributed by atoms with Crippen molar-refractivity contribution >= 4 is 17.3 Å². The molecule has 2 aromatic rings. The molecule has 0 heterocycles. The second kappa shape index (κ2) is 5.69. The van der Waals surface area contributed by atoms with Crippen molar-refractivity contribution in [3.05, 3.63) is 65.5 Å². The summed E-state index contributed by atoms with van der Waals surface area (Å²) in [7, 11) is 0. The quantitative estimate of drug-likeness (QED) is 0.802. The van der Waals surface area contributed by atoms with E-state index in [-0.39, 0.29) is 5.82 Å². The molecule has 2 aromatic carbocycles. The van der Waals surface area contributed by atoms with E-state index in [1.165, 1.54) is 12.1 Å². The highest BCUT2D eigenvalue weighted by Gasteiger charge is 1.97. The van der Waals surface area contributed by atoms with Crippen LogP contribution in [0.1, 0.15) is 11.1 Å². The van der Waals surface area contributed by atoms with Crippen LogP contribution in [0.25, 0.3) is 0 Å². The molecular weight excluding hydrogens is 237 g/mol. The summed E-state index contributed by atoms with van der Waals surface area (Å²) < 4.78 is 13.0. The van der Waals surface area contributed by atoms with Crippen molar-refractivity contribution in [1.82, 2.24) is 0 Å². The zero-order valence-electron chi connectivity index (χ0n) is 9.29. The van der Waals surface area contributed by atoms with Crippen molar-refractivity contribution in [2.45, 2.75) is 12.4 Å². The largest absolute Gasteiger partial charge is 0.381 e. The fourth-order valence-corrected chi connectivity index (χ4v) is 1.78. The van der Waals surface area contributed by atoms with Gasteiger partial charge in [-0.3, -0.25) is 0 Å². The lowest BCUT2D eigenvalue weighted by atomic mass is 10.2. The Labute approximate surface area is 105 Å². The highest BCUT2D eigenvalue weighted by Crippen LogP contribution is 2.14. The Hall–Kier alpha value is -1.54. The molecule has 1 N–H and O–H groups in total. The lowest BCUT2D eigenvalue weighted by Crippen LogP contribution is -1.99. The molecule has 17 heavy (non-hydrogen) atoms.